The molecule has 0 spiro atoms. The maximum atomic E-state index is 12.7. The predicted molar refractivity (Wildman–Crippen MR) is 110 cm³/mol. The third-order valence-electron chi connectivity index (χ3n) is 4.54. The molecule has 0 saturated heterocycles. The Labute approximate surface area is 162 Å². The van der Waals surface area contributed by atoms with Gasteiger partial charge in [-0.25, -0.2) is 0 Å². The fourth-order valence-corrected chi connectivity index (χ4v) is 3.13. The lowest BCUT2D eigenvalue weighted by Gasteiger charge is -2.11. The van der Waals surface area contributed by atoms with Crippen molar-refractivity contribution < 1.29 is 18.7 Å². The Morgan fingerprint density at radius 1 is 1.00 bits per heavy atom. The molecular weight excluding hydrogens is 354 g/mol. The minimum atomic E-state index is -0.226. The lowest BCUT2D eigenvalue weighted by Crippen LogP contribution is -2.12. The van der Waals surface area contributed by atoms with Crippen LogP contribution in [0.4, 0.5) is 5.69 Å². The highest BCUT2D eigenvalue weighted by Gasteiger charge is 2.15. The number of carbonyl (C=O) groups excluding carboxylic acids is 1. The summed E-state index contributed by atoms with van der Waals surface area (Å²) < 4.78 is 17.0. The Morgan fingerprint density at radius 2 is 1.79 bits per heavy atom. The number of fused-ring (bicyclic) bond motifs is 3. The van der Waals surface area contributed by atoms with Gasteiger partial charge in [0, 0.05) is 22.4 Å². The summed E-state index contributed by atoms with van der Waals surface area (Å²) in [6, 6.07) is 18.6. The Bertz CT molecular complexity index is 1130. The van der Waals surface area contributed by atoms with Crippen LogP contribution in [0, 0.1) is 0 Å². The standard InChI is InChI=1S/C23H21NO4/c1-3-12-27-16-10-8-15(9-11-16)23(25)24-19-14-21-18(13-22(19)26-2)17-6-4-5-7-20(17)28-21/h4-11,13-14H,3,12H2,1-2H3,(H,24,25). The molecule has 0 saturated carbocycles. The predicted octanol–water partition coefficient (Wildman–Crippen LogP) is 5.64. The van der Waals surface area contributed by atoms with Gasteiger partial charge < -0.3 is 19.2 Å². The van der Waals surface area contributed by atoms with E-state index in [2.05, 4.69) is 5.32 Å². The number of furan rings is 1. The molecular formula is C23H21NO4. The molecule has 1 aromatic heterocycles. The summed E-state index contributed by atoms with van der Waals surface area (Å²) in [6.07, 6.45) is 0.937. The summed E-state index contributed by atoms with van der Waals surface area (Å²) in [5, 5.41) is 4.87. The second-order valence-corrected chi connectivity index (χ2v) is 6.47. The second kappa shape index (κ2) is 7.64. The van der Waals surface area contributed by atoms with Crippen LogP contribution in [0.15, 0.2) is 65.1 Å². The van der Waals surface area contributed by atoms with Crippen LogP contribution in [0.25, 0.3) is 21.9 Å². The molecule has 1 N–H and O–H groups in total. The van der Waals surface area contributed by atoms with Crippen molar-refractivity contribution in [2.75, 3.05) is 19.0 Å². The van der Waals surface area contributed by atoms with E-state index in [9.17, 15) is 4.79 Å². The number of amides is 1. The van der Waals surface area contributed by atoms with Crippen LogP contribution >= 0.6 is 0 Å². The number of nitrogens with one attached hydrogen (secondary N) is 1. The highest BCUT2D eigenvalue weighted by molar-refractivity contribution is 6.10. The van der Waals surface area contributed by atoms with E-state index in [-0.39, 0.29) is 5.91 Å². The lowest BCUT2D eigenvalue weighted by atomic mass is 10.1. The molecule has 0 bridgehead atoms. The fourth-order valence-electron chi connectivity index (χ4n) is 3.13. The van der Waals surface area contributed by atoms with Gasteiger partial charge in [-0.05, 0) is 42.8 Å². The van der Waals surface area contributed by atoms with Crippen LogP contribution in [0.2, 0.25) is 0 Å². The molecule has 1 heterocycles. The highest BCUT2D eigenvalue weighted by Crippen LogP contribution is 2.36. The summed E-state index contributed by atoms with van der Waals surface area (Å²) in [6.45, 7) is 2.70. The fraction of sp³-hybridized carbons (Fsp3) is 0.174. The van der Waals surface area contributed by atoms with Gasteiger partial charge in [0.2, 0.25) is 0 Å². The van der Waals surface area contributed by atoms with E-state index in [0.29, 0.717) is 29.2 Å². The Kier molecular flexibility index (Phi) is 4.89. The number of ether oxygens (including phenoxy) is 2. The molecule has 28 heavy (non-hydrogen) atoms. The van der Waals surface area contributed by atoms with Crippen molar-refractivity contribution >= 4 is 33.5 Å². The number of hydrogen-bond donors (Lipinski definition) is 1. The number of para-hydroxylation sites is 1. The van der Waals surface area contributed by atoms with Crippen molar-refractivity contribution in [1.29, 1.82) is 0 Å². The molecule has 0 radical (unpaired) electrons. The molecule has 0 aliphatic heterocycles. The van der Waals surface area contributed by atoms with Gasteiger partial charge in [-0.2, -0.15) is 0 Å². The number of methoxy groups -OCH3 is 1. The van der Waals surface area contributed by atoms with E-state index in [0.717, 1.165) is 28.5 Å². The summed E-state index contributed by atoms with van der Waals surface area (Å²) >= 11 is 0. The summed E-state index contributed by atoms with van der Waals surface area (Å²) in [5.41, 5.74) is 2.59. The van der Waals surface area contributed by atoms with Gasteiger partial charge in [-0.15, -0.1) is 0 Å². The topological polar surface area (TPSA) is 60.7 Å². The van der Waals surface area contributed by atoms with Crippen molar-refractivity contribution in [2.24, 2.45) is 0 Å². The quantitative estimate of drug-likeness (QED) is 0.474. The van der Waals surface area contributed by atoms with Crippen molar-refractivity contribution in [2.45, 2.75) is 13.3 Å². The molecule has 5 nitrogen and oxygen atoms in total. The SMILES string of the molecule is CCCOc1ccc(C(=O)Nc2cc3oc4ccccc4c3cc2OC)cc1. The normalized spacial score (nSPS) is 10.9. The number of anilines is 1. The van der Waals surface area contributed by atoms with E-state index in [1.165, 1.54) is 0 Å². The molecule has 3 aromatic carbocycles. The molecule has 142 valence electrons. The van der Waals surface area contributed by atoms with Gasteiger partial charge in [-0.1, -0.05) is 25.1 Å². The van der Waals surface area contributed by atoms with Gasteiger partial charge in [0.25, 0.3) is 5.91 Å². The highest BCUT2D eigenvalue weighted by atomic mass is 16.5. The van der Waals surface area contributed by atoms with Crippen LogP contribution < -0.4 is 14.8 Å². The Morgan fingerprint density at radius 3 is 2.54 bits per heavy atom. The van der Waals surface area contributed by atoms with Crippen LogP contribution in [-0.2, 0) is 0 Å². The summed E-state index contributed by atoms with van der Waals surface area (Å²) in [7, 11) is 1.58. The average Bonchev–Trinajstić information content (AvgIpc) is 3.09. The summed E-state index contributed by atoms with van der Waals surface area (Å²) in [5.74, 6) is 1.10. The van der Waals surface area contributed by atoms with E-state index in [4.69, 9.17) is 13.9 Å². The first kappa shape index (κ1) is 17.9. The molecule has 0 aliphatic carbocycles. The zero-order chi connectivity index (χ0) is 19.5. The second-order valence-electron chi connectivity index (χ2n) is 6.47. The molecule has 0 aliphatic rings. The first-order valence-corrected chi connectivity index (χ1v) is 9.23. The Hall–Kier alpha value is -3.47. The van der Waals surface area contributed by atoms with Crippen LogP contribution in [-0.4, -0.2) is 19.6 Å². The first-order valence-electron chi connectivity index (χ1n) is 9.23. The van der Waals surface area contributed by atoms with Crippen molar-refractivity contribution in [1.82, 2.24) is 0 Å². The molecule has 4 aromatic rings. The average molecular weight is 375 g/mol. The minimum Gasteiger partial charge on any atom is -0.495 e. The largest absolute Gasteiger partial charge is 0.495 e. The molecule has 4 rings (SSSR count). The molecule has 0 fully saturated rings. The van der Waals surface area contributed by atoms with Crippen LogP contribution in [0.3, 0.4) is 0 Å². The zero-order valence-electron chi connectivity index (χ0n) is 15.8. The number of benzene rings is 3. The third-order valence-corrected chi connectivity index (χ3v) is 4.54. The number of hydrogen-bond acceptors (Lipinski definition) is 4. The van der Waals surface area contributed by atoms with E-state index >= 15 is 0 Å². The monoisotopic (exact) mass is 375 g/mol. The van der Waals surface area contributed by atoms with Crippen molar-refractivity contribution in [3.05, 3.63) is 66.2 Å². The minimum absolute atomic E-state index is 0.226. The van der Waals surface area contributed by atoms with E-state index < -0.39 is 0 Å². The van der Waals surface area contributed by atoms with Crippen LogP contribution in [0.5, 0.6) is 11.5 Å². The molecule has 1 amide bonds. The van der Waals surface area contributed by atoms with Crippen molar-refractivity contribution in [3.8, 4) is 11.5 Å². The zero-order valence-corrected chi connectivity index (χ0v) is 15.8. The maximum absolute atomic E-state index is 12.7. The Balaban J connectivity index is 1.63. The maximum Gasteiger partial charge on any atom is 0.255 e. The van der Waals surface area contributed by atoms with Gasteiger partial charge >= 0.3 is 0 Å². The van der Waals surface area contributed by atoms with Gasteiger partial charge in [0.05, 0.1) is 19.4 Å². The third kappa shape index (κ3) is 3.39. The number of rotatable bonds is 6. The van der Waals surface area contributed by atoms with E-state index in [1.807, 2.05) is 37.3 Å². The van der Waals surface area contributed by atoms with Gasteiger partial charge in [0.1, 0.15) is 22.7 Å². The number of carbonyl (C=O) groups is 1. The van der Waals surface area contributed by atoms with Gasteiger partial charge in [0.15, 0.2) is 0 Å². The van der Waals surface area contributed by atoms with Gasteiger partial charge in [-0.3, -0.25) is 4.79 Å². The first-order chi connectivity index (χ1) is 13.7. The summed E-state index contributed by atoms with van der Waals surface area (Å²) in [4.78, 5) is 12.7. The molecule has 0 atom stereocenters. The van der Waals surface area contributed by atoms with Crippen molar-refractivity contribution in [3.63, 3.8) is 0 Å². The molecule has 5 heteroatoms. The van der Waals surface area contributed by atoms with Crippen LogP contribution in [0.1, 0.15) is 23.7 Å². The smallest absolute Gasteiger partial charge is 0.255 e. The lowest BCUT2D eigenvalue weighted by molar-refractivity contribution is 0.102. The molecule has 0 unspecified atom stereocenters. The van der Waals surface area contributed by atoms with E-state index in [1.54, 1.807) is 37.4 Å².